The molecular formula is C16H23F2N3O3S. The maximum atomic E-state index is 13.5. The lowest BCUT2D eigenvalue weighted by Gasteiger charge is -2.33. The van der Waals surface area contributed by atoms with E-state index >= 15 is 0 Å². The van der Waals surface area contributed by atoms with Gasteiger partial charge in [0.25, 0.3) is 0 Å². The molecule has 6 nitrogen and oxygen atoms in total. The van der Waals surface area contributed by atoms with Gasteiger partial charge in [0, 0.05) is 32.6 Å². The second-order valence-corrected chi connectivity index (χ2v) is 8.45. The van der Waals surface area contributed by atoms with Crippen LogP contribution in [0.25, 0.3) is 0 Å². The van der Waals surface area contributed by atoms with Crippen LogP contribution >= 0.6 is 0 Å². The van der Waals surface area contributed by atoms with Crippen molar-refractivity contribution in [2.75, 3.05) is 27.2 Å². The lowest BCUT2D eigenvalue weighted by molar-refractivity contribution is -0.127. The van der Waals surface area contributed by atoms with Crippen LogP contribution in [0.2, 0.25) is 0 Å². The van der Waals surface area contributed by atoms with E-state index < -0.39 is 38.9 Å². The summed E-state index contributed by atoms with van der Waals surface area (Å²) in [5.74, 6) is -2.75. The highest BCUT2D eigenvalue weighted by molar-refractivity contribution is 7.90. The Morgan fingerprint density at radius 2 is 2.00 bits per heavy atom. The molecule has 0 spiro atoms. The van der Waals surface area contributed by atoms with Crippen molar-refractivity contribution >= 4 is 15.9 Å². The zero-order valence-corrected chi connectivity index (χ0v) is 15.2. The first kappa shape index (κ1) is 19.7. The highest BCUT2D eigenvalue weighted by atomic mass is 32.2. The number of piperidine rings is 1. The molecule has 3 unspecified atom stereocenters. The number of carbonyl (C=O) groups is 1. The molecule has 25 heavy (non-hydrogen) atoms. The van der Waals surface area contributed by atoms with Crippen molar-refractivity contribution < 1.29 is 22.0 Å². The van der Waals surface area contributed by atoms with Gasteiger partial charge in [0.2, 0.25) is 15.9 Å². The first-order valence-corrected chi connectivity index (χ1v) is 9.56. The standard InChI is InChI=1S/C16H23F2N3O3S/c1-10(16(22)21(2)3)25(23,24)20-15-9-19-7-6-12(15)11-4-5-13(17)14(18)8-11/h4-5,8,10,12,15,19-20H,6-7,9H2,1-3H3. The Bertz CT molecular complexity index is 740. The summed E-state index contributed by atoms with van der Waals surface area (Å²) in [7, 11) is -0.939. The molecule has 1 aliphatic rings. The number of halogens is 2. The number of amides is 1. The number of hydrogen-bond acceptors (Lipinski definition) is 4. The second-order valence-electron chi connectivity index (χ2n) is 6.42. The lowest BCUT2D eigenvalue weighted by atomic mass is 9.86. The molecule has 140 valence electrons. The van der Waals surface area contributed by atoms with Crippen molar-refractivity contribution in [3.8, 4) is 0 Å². The van der Waals surface area contributed by atoms with Crippen LogP contribution in [-0.2, 0) is 14.8 Å². The Morgan fingerprint density at radius 3 is 2.60 bits per heavy atom. The van der Waals surface area contributed by atoms with Crippen LogP contribution in [-0.4, -0.2) is 57.7 Å². The summed E-state index contributed by atoms with van der Waals surface area (Å²) >= 11 is 0. The normalized spacial score (nSPS) is 22.4. The van der Waals surface area contributed by atoms with Gasteiger partial charge in [-0.1, -0.05) is 6.07 Å². The van der Waals surface area contributed by atoms with Gasteiger partial charge in [0.1, 0.15) is 0 Å². The van der Waals surface area contributed by atoms with Crippen LogP contribution < -0.4 is 10.0 Å². The van der Waals surface area contributed by atoms with Gasteiger partial charge in [-0.3, -0.25) is 4.79 Å². The fourth-order valence-corrected chi connectivity index (χ4v) is 4.28. The Hall–Kier alpha value is -1.58. The van der Waals surface area contributed by atoms with Crippen LogP contribution in [0.4, 0.5) is 8.78 Å². The fourth-order valence-electron chi connectivity index (χ4n) is 2.93. The zero-order valence-electron chi connectivity index (χ0n) is 14.4. The van der Waals surface area contributed by atoms with Gasteiger partial charge in [-0.15, -0.1) is 0 Å². The SMILES string of the molecule is CC(C(=O)N(C)C)S(=O)(=O)NC1CNCCC1c1ccc(F)c(F)c1. The third-order valence-corrected chi connectivity index (χ3v) is 6.19. The van der Waals surface area contributed by atoms with E-state index in [1.165, 1.54) is 32.0 Å². The lowest BCUT2D eigenvalue weighted by Crippen LogP contribution is -2.53. The number of benzene rings is 1. The van der Waals surface area contributed by atoms with Crippen molar-refractivity contribution in [1.29, 1.82) is 0 Å². The topological polar surface area (TPSA) is 78.5 Å². The minimum absolute atomic E-state index is 0.312. The number of carbonyl (C=O) groups excluding carboxylic acids is 1. The maximum absolute atomic E-state index is 13.5. The maximum Gasteiger partial charge on any atom is 0.241 e. The molecule has 2 N–H and O–H groups in total. The molecule has 1 fully saturated rings. The third kappa shape index (κ3) is 4.53. The predicted octanol–water partition coefficient (Wildman–Crippen LogP) is 0.806. The van der Waals surface area contributed by atoms with Crippen molar-refractivity contribution in [3.05, 3.63) is 35.4 Å². The summed E-state index contributed by atoms with van der Waals surface area (Å²) in [5.41, 5.74) is 0.527. The molecule has 1 aliphatic heterocycles. The minimum atomic E-state index is -3.91. The third-order valence-electron chi connectivity index (χ3n) is 4.42. The molecule has 9 heteroatoms. The highest BCUT2D eigenvalue weighted by Gasteiger charge is 2.35. The van der Waals surface area contributed by atoms with Crippen molar-refractivity contribution in [2.45, 2.75) is 30.6 Å². The molecule has 0 radical (unpaired) electrons. The van der Waals surface area contributed by atoms with Gasteiger partial charge in [-0.05, 0) is 37.6 Å². The molecule has 1 amide bonds. The summed E-state index contributed by atoms with van der Waals surface area (Å²) in [6.07, 6.45) is 0.564. The van der Waals surface area contributed by atoms with E-state index in [1.54, 1.807) is 0 Å². The number of hydrogen-bond donors (Lipinski definition) is 2. The molecule has 0 aromatic heterocycles. The van der Waals surface area contributed by atoms with Crippen LogP contribution in [0.1, 0.15) is 24.8 Å². The van der Waals surface area contributed by atoms with Gasteiger partial charge in [-0.2, -0.15) is 0 Å². The van der Waals surface area contributed by atoms with E-state index in [-0.39, 0.29) is 5.92 Å². The fraction of sp³-hybridized carbons (Fsp3) is 0.562. The number of rotatable bonds is 5. The summed E-state index contributed by atoms with van der Waals surface area (Å²) in [5, 5.41) is 1.84. The molecule has 2 rings (SSSR count). The zero-order chi connectivity index (χ0) is 18.8. The number of sulfonamides is 1. The molecule has 0 aliphatic carbocycles. The molecular weight excluding hydrogens is 352 g/mol. The largest absolute Gasteiger partial charge is 0.348 e. The van der Waals surface area contributed by atoms with Gasteiger partial charge < -0.3 is 10.2 Å². The highest BCUT2D eigenvalue weighted by Crippen LogP contribution is 2.27. The summed E-state index contributed by atoms with van der Waals surface area (Å²) < 4.78 is 54.3. The summed E-state index contributed by atoms with van der Waals surface area (Å²) in [6.45, 7) is 2.30. The van der Waals surface area contributed by atoms with E-state index in [0.717, 1.165) is 12.1 Å². The van der Waals surface area contributed by atoms with Crippen LogP contribution in [0.5, 0.6) is 0 Å². The summed E-state index contributed by atoms with van der Waals surface area (Å²) in [6, 6.07) is 3.04. The van der Waals surface area contributed by atoms with Crippen molar-refractivity contribution in [3.63, 3.8) is 0 Å². The van der Waals surface area contributed by atoms with E-state index in [9.17, 15) is 22.0 Å². The van der Waals surface area contributed by atoms with E-state index in [1.807, 2.05) is 0 Å². The Kier molecular flexibility index (Phi) is 6.12. The smallest absolute Gasteiger partial charge is 0.241 e. The van der Waals surface area contributed by atoms with Gasteiger partial charge in [-0.25, -0.2) is 21.9 Å². The number of nitrogens with one attached hydrogen (secondary N) is 2. The van der Waals surface area contributed by atoms with Crippen LogP contribution in [0.15, 0.2) is 18.2 Å². The number of nitrogens with zero attached hydrogens (tertiary/aromatic N) is 1. The monoisotopic (exact) mass is 375 g/mol. The summed E-state index contributed by atoms with van der Waals surface area (Å²) in [4.78, 5) is 13.2. The van der Waals surface area contributed by atoms with Crippen LogP contribution in [0.3, 0.4) is 0 Å². The van der Waals surface area contributed by atoms with E-state index in [0.29, 0.717) is 25.1 Å². The molecule has 1 aromatic rings. The molecule has 1 aromatic carbocycles. The van der Waals surface area contributed by atoms with Gasteiger partial charge >= 0.3 is 0 Å². The quantitative estimate of drug-likeness (QED) is 0.798. The molecule has 0 saturated carbocycles. The molecule has 0 bridgehead atoms. The van der Waals surface area contributed by atoms with E-state index in [4.69, 9.17) is 0 Å². The van der Waals surface area contributed by atoms with Gasteiger partial charge in [0.15, 0.2) is 16.9 Å². The van der Waals surface area contributed by atoms with Gasteiger partial charge in [0.05, 0.1) is 0 Å². The molecule has 1 saturated heterocycles. The average molecular weight is 375 g/mol. The first-order chi connectivity index (χ1) is 11.6. The van der Waals surface area contributed by atoms with Crippen LogP contribution in [0, 0.1) is 11.6 Å². The average Bonchev–Trinajstić information content (AvgIpc) is 2.56. The minimum Gasteiger partial charge on any atom is -0.348 e. The Labute approximate surface area is 146 Å². The molecule has 1 heterocycles. The van der Waals surface area contributed by atoms with Crippen molar-refractivity contribution in [2.24, 2.45) is 0 Å². The van der Waals surface area contributed by atoms with E-state index in [2.05, 4.69) is 10.0 Å². The molecule has 3 atom stereocenters. The predicted molar refractivity (Wildman–Crippen MR) is 90.6 cm³/mol. The second kappa shape index (κ2) is 7.76. The Morgan fingerprint density at radius 1 is 1.32 bits per heavy atom. The first-order valence-electron chi connectivity index (χ1n) is 8.01. The van der Waals surface area contributed by atoms with Crippen molar-refractivity contribution in [1.82, 2.24) is 14.9 Å². The Balaban J connectivity index is 2.23.